The minimum absolute atomic E-state index is 0.346. The Bertz CT molecular complexity index is 640. The third kappa shape index (κ3) is 2.32. The predicted octanol–water partition coefficient (Wildman–Crippen LogP) is 3.06. The summed E-state index contributed by atoms with van der Waals surface area (Å²) in [5, 5.41) is 14.4. The zero-order valence-corrected chi connectivity index (χ0v) is 11.9. The summed E-state index contributed by atoms with van der Waals surface area (Å²) in [6.45, 7) is 3.84. The van der Waals surface area contributed by atoms with Crippen molar-refractivity contribution in [1.82, 2.24) is 10.2 Å². The molecule has 0 bridgehead atoms. The summed E-state index contributed by atoms with van der Waals surface area (Å²) in [7, 11) is 0. The molecular formula is C14H13ClN4O. The first-order valence-electron chi connectivity index (χ1n) is 6.19. The molecule has 0 saturated heterocycles. The second-order valence-electron chi connectivity index (χ2n) is 4.85. The smallest absolute Gasteiger partial charge is 0.240 e. The van der Waals surface area contributed by atoms with Gasteiger partial charge in [-0.05, 0) is 38.1 Å². The maximum atomic E-state index is 5.91. The van der Waals surface area contributed by atoms with Gasteiger partial charge in [0.2, 0.25) is 11.6 Å². The van der Waals surface area contributed by atoms with Crippen molar-refractivity contribution in [2.24, 2.45) is 5.10 Å². The van der Waals surface area contributed by atoms with E-state index >= 15 is 0 Å². The molecule has 0 amide bonds. The van der Waals surface area contributed by atoms with Crippen LogP contribution in [0.3, 0.4) is 0 Å². The van der Waals surface area contributed by atoms with E-state index < -0.39 is 5.72 Å². The Morgan fingerprint density at radius 3 is 2.45 bits per heavy atom. The van der Waals surface area contributed by atoms with E-state index in [1.165, 1.54) is 0 Å². The van der Waals surface area contributed by atoms with Crippen molar-refractivity contribution in [2.45, 2.75) is 19.6 Å². The third-order valence-corrected chi connectivity index (χ3v) is 3.10. The maximum absolute atomic E-state index is 5.91. The number of anilines is 1. The van der Waals surface area contributed by atoms with Gasteiger partial charge < -0.3 is 4.74 Å². The molecule has 0 unspecified atom stereocenters. The summed E-state index contributed by atoms with van der Waals surface area (Å²) in [6.07, 6.45) is 0. The highest BCUT2D eigenvalue weighted by Crippen LogP contribution is 2.30. The molecular weight excluding hydrogens is 276 g/mol. The summed E-state index contributed by atoms with van der Waals surface area (Å²) in [5.74, 6) is 1.15. The number of hydrazone groups is 1. The fourth-order valence-corrected chi connectivity index (χ4v) is 2.06. The Hall–Kier alpha value is -2.14. The van der Waals surface area contributed by atoms with Gasteiger partial charge in [-0.2, -0.15) is 0 Å². The molecule has 1 aliphatic rings. The van der Waals surface area contributed by atoms with Crippen molar-refractivity contribution >= 4 is 23.3 Å². The van der Waals surface area contributed by atoms with E-state index in [0.717, 1.165) is 5.56 Å². The van der Waals surface area contributed by atoms with E-state index in [1.54, 1.807) is 17.1 Å². The predicted molar refractivity (Wildman–Crippen MR) is 77.7 cm³/mol. The monoisotopic (exact) mass is 288 g/mol. The van der Waals surface area contributed by atoms with Crippen LogP contribution >= 0.6 is 11.6 Å². The van der Waals surface area contributed by atoms with E-state index in [1.807, 2.05) is 44.2 Å². The van der Waals surface area contributed by atoms with Gasteiger partial charge in [0.15, 0.2) is 11.0 Å². The van der Waals surface area contributed by atoms with Crippen molar-refractivity contribution < 1.29 is 4.74 Å². The van der Waals surface area contributed by atoms with Crippen LogP contribution in [0.25, 0.3) is 0 Å². The Morgan fingerprint density at radius 2 is 1.80 bits per heavy atom. The summed E-state index contributed by atoms with van der Waals surface area (Å²) in [4.78, 5) is 0. The normalized spacial score (nSPS) is 16.8. The van der Waals surface area contributed by atoms with Gasteiger partial charge in [0.25, 0.3) is 0 Å². The second-order valence-corrected chi connectivity index (χ2v) is 5.23. The Kier molecular flexibility index (Phi) is 3.06. The van der Waals surface area contributed by atoms with Crippen molar-refractivity contribution in [3.8, 4) is 0 Å². The van der Waals surface area contributed by atoms with Gasteiger partial charge in [-0.25, -0.2) is 5.01 Å². The molecule has 102 valence electrons. The molecule has 0 aliphatic carbocycles. The number of nitrogens with zero attached hydrogens (tertiary/aromatic N) is 4. The van der Waals surface area contributed by atoms with Crippen molar-refractivity contribution in [1.29, 1.82) is 0 Å². The SMILES string of the molecule is CC1(C)OC(c2ccccc2)=NN1c1ccc(Cl)nn1. The summed E-state index contributed by atoms with van der Waals surface area (Å²) >= 11 is 5.75. The minimum Gasteiger partial charge on any atom is -0.448 e. The topological polar surface area (TPSA) is 50.6 Å². The first-order valence-corrected chi connectivity index (χ1v) is 6.56. The van der Waals surface area contributed by atoms with Gasteiger partial charge in [-0.15, -0.1) is 15.3 Å². The number of ether oxygens (including phenoxy) is 1. The summed E-state index contributed by atoms with van der Waals surface area (Å²) < 4.78 is 5.91. The summed E-state index contributed by atoms with van der Waals surface area (Å²) in [6, 6.07) is 13.2. The van der Waals surface area contributed by atoms with Crippen LogP contribution in [0, 0.1) is 0 Å². The van der Waals surface area contributed by atoms with Crippen LogP contribution < -0.4 is 5.01 Å². The van der Waals surface area contributed by atoms with Gasteiger partial charge in [-0.1, -0.05) is 29.8 Å². The van der Waals surface area contributed by atoms with Gasteiger partial charge in [0.05, 0.1) is 0 Å². The standard InChI is InChI=1S/C14H13ClN4O/c1-14(2)19(12-9-8-11(15)16-17-12)18-13(20-14)10-6-4-3-5-7-10/h3-9H,1-2H3. The number of aromatic nitrogens is 2. The van der Waals surface area contributed by atoms with Gasteiger partial charge >= 0.3 is 0 Å². The van der Waals surface area contributed by atoms with Crippen molar-refractivity contribution in [3.05, 3.63) is 53.2 Å². The number of hydrogen-bond donors (Lipinski definition) is 0. The van der Waals surface area contributed by atoms with E-state index in [0.29, 0.717) is 16.9 Å². The van der Waals surface area contributed by atoms with Crippen LogP contribution in [-0.4, -0.2) is 21.8 Å². The van der Waals surface area contributed by atoms with Crippen molar-refractivity contribution in [2.75, 3.05) is 5.01 Å². The molecule has 5 nitrogen and oxygen atoms in total. The Balaban J connectivity index is 1.98. The number of benzene rings is 1. The van der Waals surface area contributed by atoms with E-state index in [-0.39, 0.29) is 0 Å². The van der Waals surface area contributed by atoms with E-state index in [2.05, 4.69) is 15.3 Å². The molecule has 0 radical (unpaired) electrons. The van der Waals surface area contributed by atoms with Crippen LogP contribution in [0.15, 0.2) is 47.6 Å². The average Bonchev–Trinajstić information content (AvgIpc) is 2.77. The van der Waals surface area contributed by atoms with Crippen LogP contribution in [0.2, 0.25) is 5.15 Å². The zero-order chi connectivity index (χ0) is 14.2. The molecule has 3 rings (SSSR count). The fraction of sp³-hybridized carbons (Fsp3) is 0.214. The highest BCUT2D eigenvalue weighted by atomic mass is 35.5. The Morgan fingerprint density at radius 1 is 1.05 bits per heavy atom. The molecule has 1 aromatic carbocycles. The molecule has 0 N–H and O–H groups in total. The second kappa shape index (κ2) is 4.76. The lowest BCUT2D eigenvalue weighted by Gasteiger charge is -2.27. The zero-order valence-electron chi connectivity index (χ0n) is 11.1. The van der Waals surface area contributed by atoms with E-state index in [4.69, 9.17) is 16.3 Å². The number of halogens is 1. The van der Waals surface area contributed by atoms with Gasteiger partial charge in [-0.3, -0.25) is 0 Å². The molecule has 6 heteroatoms. The van der Waals surface area contributed by atoms with Crippen LogP contribution in [0.4, 0.5) is 5.82 Å². The van der Waals surface area contributed by atoms with Gasteiger partial charge in [0.1, 0.15) is 0 Å². The molecule has 0 fully saturated rings. The largest absolute Gasteiger partial charge is 0.448 e. The molecule has 1 aromatic heterocycles. The highest BCUT2D eigenvalue weighted by molar-refractivity contribution is 6.29. The fourth-order valence-electron chi connectivity index (χ4n) is 1.96. The molecule has 0 spiro atoms. The van der Waals surface area contributed by atoms with E-state index in [9.17, 15) is 0 Å². The molecule has 0 atom stereocenters. The number of rotatable bonds is 2. The first-order chi connectivity index (χ1) is 9.56. The van der Waals surface area contributed by atoms with Crippen molar-refractivity contribution in [3.63, 3.8) is 0 Å². The maximum Gasteiger partial charge on any atom is 0.240 e. The lowest BCUT2D eigenvalue weighted by atomic mass is 10.2. The lowest BCUT2D eigenvalue weighted by molar-refractivity contribution is 0.118. The lowest BCUT2D eigenvalue weighted by Crippen LogP contribution is -2.38. The quantitative estimate of drug-likeness (QED) is 0.852. The summed E-state index contributed by atoms with van der Waals surface area (Å²) in [5.41, 5.74) is 0.290. The van der Waals surface area contributed by atoms with Gasteiger partial charge in [0, 0.05) is 5.56 Å². The first kappa shape index (κ1) is 12.9. The molecule has 2 aromatic rings. The average molecular weight is 289 g/mol. The number of hydrogen-bond acceptors (Lipinski definition) is 5. The van der Waals surface area contributed by atoms with Crippen LogP contribution in [0.1, 0.15) is 19.4 Å². The highest BCUT2D eigenvalue weighted by Gasteiger charge is 2.38. The molecule has 20 heavy (non-hydrogen) atoms. The molecule has 2 heterocycles. The Labute approximate surface area is 121 Å². The molecule has 1 aliphatic heterocycles. The van der Waals surface area contributed by atoms with Crippen LogP contribution in [0.5, 0.6) is 0 Å². The van der Waals surface area contributed by atoms with Crippen LogP contribution in [-0.2, 0) is 4.74 Å². The minimum atomic E-state index is -0.631. The third-order valence-electron chi connectivity index (χ3n) is 2.90. The molecule has 0 saturated carbocycles.